The summed E-state index contributed by atoms with van der Waals surface area (Å²) >= 11 is 0. The summed E-state index contributed by atoms with van der Waals surface area (Å²) in [5.74, 6) is -0.203. The van der Waals surface area contributed by atoms with Crippen LogP contribution in [0.1, 0.15) is 21.5 Å². The van der Waals surface area contributed by atoms with Crippen molar-refractivity contribution in [3.8, 4) is 0 Å². The van der Waals surface area contributed by atoms with Gasteiger partial charge in [0.05, 0.1) is 10.6 Å². The van der Waals surface area contributed by atoms with E-state index in [4.69, 9.17) is 0 Å². The molecule has 0 saturated heterocycles. The van der Waals surface area contributed by atoms with Crippen LogP contribution in [-0.4, -0.2) is 46.4 Å². The fraction of sp³-hybridized carbons (Fsp3) is 0.316. The molecule has 26 heavy (non-hydrogen) atoms. The van der Waals surface area contributed by atoms with Crippen LogP contribution in [0.3, 0.4) is 0 Å². The lowest BCUT2D eigenvalue weighted by Gasteiger charge is -2.19. The highest BCUT2D eigenvalue weighted by atomic mass is 32.2. The molecule has 0 fully saturated rings. The third kappa shape index (κ3) is 4.62. The summed E-state index contributed by atoms with van der Waals surface area (Å²) in [6, 6.07) is 11.8. The number of rotatable bonds is 7. The molecule has 0 bridgehead atoms. The number of anilines is 1. The Morgan fingerprint density at radius 2 is 1.77 bits per heavy atom. The Hall–Kier alpha value is -2.38. The van der Waals surface area contributed by atoms with Gasteiger partial charge < -0.3 is 10.2 Å². The summed E-state index contributed by atoms with van der Waals surface area (Å²) in [5, 5.41) is 2.99. The van der Waals surface area contributed by atoms with Gasteiger partial charge >= 0.3 is 0 Å². The molecule has 0 radical (unpaired) electrons. The zero-order chi connectivity index (χ0) is 19.3. The molecule has 0 unspecified atom stereocenters. The summed E-state index contributed by atoms with van der Waals surface area (Å²) in [5.41, 5.74) is 2.47. The van der Waals surface area contributed by atoms with Gasteiger partial charge in [0.2, 0.25) is 0 Å². The van der Waals surface area contributed by atoms with Crippen LogP contribution >= 0.6 is 0 Å². The van der Waals surface area contributed by atoms with Crippen molar-refractivity contribution in [2.24, 2.45) is 0 Å². The van der Waals surface area contributed by atoms with Crippen LogP contribution in [0.25, 0.3) is 0 Å². The molecule has 2 rings (SSSR count). The first-order valence-electron chi connectivity index (χ1n) is 8.35. The predicted octanol–water partition coefficient (Wildman–Crippen LogP) is 2.40. The molecule has 2 N–H and O–H groups in total. The molecule has 0 aliphatic heterocycles. The van der Waals surface area contributed by atoms with Crippen LogP contribution in [0.5, 0.6) is 0 Å². The zero-order valence-corrected chi connectivity index (χ0v) is 16.4. The maximum Gasteiger partial charge on any atom is 0.261 e. The minimum absolute atomic E-state index is 0.0664. The summed E-state index contributed by atoms with van der Waals surface area (Å²) in [4.78, 5) is 14.3. The lowest BCUT2D eigenvalue weighted by atomic mass is 10.1. The molecule has 0 aliphatic rings. The maximum absolute atomic E-state index is 12.7. The van der Waals surface area contributed by atoms with E-state index < -0.39 is 10.0 Å². The molecule has 6 nitrogen and oxygen atoms in total. The maximum atomic E-state index is 12.7. The summed E-state index contributed by atoms with van der Waals surface area (Å²) < 4.78 is 28.1. The average Bonchev–Trinajstić information content (AvgIpc) is 2.61. The smallest absolute Gasteiger partial charge is 0.261 e. The molecule has 0 aromatic heterocycles. The molecule has 2 aromatic carbocycles. The van der Waals surface area contributed by atoms with E-state index in [2.05, 4.69) is 10.0 Å². The number of hydrogen-bond acceptors (Lipinski definition) is 4. The van der Waals surface area contributed by atoms with Gasteiger partial charge in [0.25, 0.3) is 15.9 Å². The Morgan fingerprint density at radius 3 is 2.42 bits per heavy atom. The van der Waals surface area contributed by atoms with E-state index in [0.717, 1.165) is 11.1 Å². The van der Waals surface area contributed by atoms with Crippen molar-refractivity contribution >= 4 is 21.6 Å². The van der Waals surface area contributed by atoms with E-state index in [1.165, 1.54) is 12.1 Å². The second kappa shape index (κ2) is 8.33. The van der Waals surface area contributed by atoms with Gasteiger partial charge in [-0.25, -0.2) is 8.42 Å². The molecule has 140 valence electrons. The molecule has 1 amide bonds. The van der Waals surface area contributed by atoms with E-state index in [9.17, 15) is 13.2 Å². The predicted molar refractivity (Wildman–Crippen MR) is 104 cm³/mol. The number of sulfonamides is 1. The van der Waals surface area contributed by atoms with E-state index in [1.807, 2.05) is 26.1 Å². The first-order chi connectivity index (χ1) is 12.3. The van der Waals surface area contributed by atoms with Crippen molar-refractivity contribution in [3.63, 3.8) is 0 Å². The van der Waals surface area contributed by atoms with Gasteiger partial charge in [-0.2, -0.15) is 0 Å². The van der Waals surface area contributed by atoms with Crippen molar-refractivity contribution in [1.82, 2.24) is 10.2 Å². The number of amides is 1. The number of hydrogen-bond donors (Lipinski definition) is 2. The third-order valence-electron chi connectivity index (χ3n) is 4.18. The number of likely N-dealkylation sites (N-methyl/N-ethyl adjacent to an activating group) is 2. The minimum atomic E-state index is -3.78. The molecule has 2 aromatic rings. The first-order valence-corrected chi connectivity index (χ1v) is 9.83. The van der Waals surface area contributed by atoms with Gasteiger partial charge in [-0.1, -0.05) is 24.3 Å². The molecular weight excluding hydrogens is 350 g/mol. The largest absolute Gasteiger partial charge is 0.340 e. The second-order valence-corrected chi connectivity index (χ2v) is 7.91. The summed E-state index contributed by atoms with van der Waals surface area (Å²) in [7, 11) is -0.271. The highest BCUT2D eigenvalue weighted by Crippen LogP contribution is 2.22. The molecule has 0 atom stereocenters. The summed E-state index contributed by atoms with van der Waals surface area (Å²) in [6.45, 7) is 4.82. The van der Waals surface area contributed by atoms with Gasteiger partial charge in [-0.15, -0.1) is 0 Å². The molecule has 0 heterocycles. The van der Waals surface area contributed by atoms with Crippen LogP contribution < -0.4 is 10.0 Å². The normalized spacial score (nSPS) is 11.2. The second-order valence-electron chi connectivity index (χ2n) is 6.23. The van der Waals surface area contributed by atoms with Gasteiger partial charge in [0, 0.05) is 25.7 Å². The van der Waals surface area contributed by atoms with Gasteiger partial charge in [-0.05, 0) is 50.2 Å². The highest BCUT2D eigenvalue weighted by molar-refractivity contribution is 7.92. The SMILES string of the molecule is CNCCN(C)C(=O)c1cc(S(=O)(=O)Nc2ccccc2C)ccc1C. The van der Waals surface area contributed by atoms with Crippen LogP contribution in [0, 0.1) is 13.8 Å². The Labute approximate surface area is 155 Å². The topological polar surface area (TPSA) is 78.5 Å². The van der Waals surface area contributed by atoms with Crippen molar-refractivity contribution < 1.29 is 13.2 Å². The van der Waals surface area contributed by atoms with Crippen molar-refractivity contribution in [2.45, 2.75) is 18.7 Å². The Bertz CT molecular complexity index is 895. The molecule has 0 spiro atoms. The van der Waals surface area contributed by atoms with Crippen LogP contribution in [0.4, 0.5) is 5.69 Å². The first kappa shape index (κ1) is 19.9. The number of para-hydroxylation sites is 1. The average molecular weight is 375 g/mol. The van der Waals surface area contributed by atoms with E-state index in [0.29, 0.717) is 24.3 Å². The molecule has 0 aliphatic carbocycles. The monoisotopic (exact) mass is 375 g/mol. The van der Waals surface area contributed by atoms with E-state index >= 15 is 0 Å². The third-order valence-corrected chi connectivity index (χ3v) is 5.55. The Kier molecular flexibility index (Phi) is 6.39. The Morgan fingerprint density at radius 1 is 1.08 bits per heavy atom. The van der Waals surface area contributed by atoms with Crippen LogP contribution in [-0.2, 0) is 10.0 Å². The van der Waals surface area contributed by atoms with Gasteiger partial charge in [-0.3, -0.25) is 9.52 Å². The lowest BCUT2D eigenvalue weighted by Crippen LogP contribution is -2.33. The standard InChI is InChI=1S/C19H25N3O3S/c1-14-9-10-16(13-17(14)19(23)22(4)12-11-20-3)26(24,25)21-18-8-6-5-7-15(18)2/h5-10,13,20-21H,11-12H2,1-4H3. The van der Waals surface area contributed by atoms with Crippen LogP contribution in [0.15, 0.2) is 47.4 Å². The molecular formula is C19H25N3O3S. The quantitative estimate of drug-likeness (QED) is 0.779. The van der Waals surface area contributed by atoms with Crippen molar-refractivity contribution in [3.05, 3.63) is 59.2 Å². The van der Waals surface area contributed by atoms with E-state index in [1.54, 1.807) is 37.1 Å². The fourth-order valence-electron chi connectivity index (χ4n) is 2.48. The van der Waals surface area contributed by atoms with Crippen molar-refractivity contribution in [1.29, 1.82) is 0 Å². The number of nitrogens with zero attached hydrogens (tertiary/aromatic N) is 1. The van der Waals surface area contributed by atoms with E-state index in [-0.39, 0.29) is 10.8 Å². The highest BCUT2D eigenvalue weighted by Gasteiger charge is 2.20. The summed E-state index contributed by atoms with van der Waals surface area (Å²) in [6.07, 6.45) is 0. The number of aryl methyl sites for hydroxylation is 2. The van der Waals surface area contributed by atoms with Crippen molar-refractivity contribution in [2.75, 3.05) is 31.9 Å². The van der Waals surface area contributed by atoms with Gasteiger partial charge in [0.1, 0.15) is 0 Å². The number of benzene rings is 2. The van der Waals surface area contributed by atoms with Gasteiger partial charge in [0.15, 0.2) is 0 Å². The molecule has 0 saturated carbocycles. The fourth-order valence-corrected chi connectivity index (χ4v) is 3.63. The lowest BCUT2D eigenvalue weighted by molar-refractivity contribution is 0.0796. The number of carbonyl (C=O) groups excluding carboxylic acids is 1. The van der Waals surface area contributed by atoms with Crippen LogP contribution in [0.2, 0.25) is 0 Å². The Balaban J connectivity index is 2.33. The number of nitrogens with one attached hydrogen (secondary N) is 2. The molecule has 7 heteroatoms. The minimum Gasteiger partial charge on any atom is -0.340 e. The zero-order valence-electron chi connectivity index (χ0n) is 15.5. The number of carbonyl (C=O) groups is 1.